The summed E-state index contributed by atoms with van der Waals surface area (Å²) >= 11 is 0. The lowest BCUT2D eigenvalue weighted by molar-refractivity contribution is -0.152. The number of benzene rings is 2. The van der Waals surface area contributed by atoms with Gasteiger partial charge in [-0.25, -0.2) is 4.39 Å². The predicted molar refractivity (Wildman–Crippen MR) is 134 cm³/mol. The standard InChI is InChI=1S/C29H33FN2O2/c1-29(28(33)34-2)16-18-31(19-17-29)24-12-14-25(15-13-24)32-26-7-5-3-4-6-22(26)20-27(32)21-8-10-23(30)11-9-21/h8-15,20H,3-7,16-19H2,1-2H3. The van der Waals surface area contributed by atoms with Crippen molar-refractivity contribution in [2.45, 2.75) is 51.9 Å². The number of carbonyl (C=O) groups excluding carboxylic acids is 1. The number of aryl methyl sites for hydroxylation is 1. The van der Waals surface area contributed by atoms with Crippen molar-refractivity contribution in [2.75, 3.05) is 25.1 Å². The number of piperidine rings is 1. The van der Waals surface area contributed by atoms with Crippen LogP contribution in [0.25, 0.3) is 16.9 Å². The minimum atomic E-state index is -0.391. The lowest BCUT2D eigenvalue weighted by Gasteiger charge is -2.38. The van der Waals surface area contributed by atoms with Gasteiger partial charge in [-0.05, 0) is 111 Å². The first-order valence-electron chi connectivity index (χ1n) is 12.4. The third-order valence-electron chi connectivity index (χ3n) is 7.71. The zero-order chi connectivity index (χ0) is 23.7. The molecular formula is C29H33FN2O2. The van der Waals surface area contributed by atoms with Crippen molar-refractivity contribution in [3.63, 3.8) is 0 Å². The molecule has 0 saturated carbocycles. The zero-order valence-electron chi connectivity index (χ0n) is 20.1. The highest BCUT2D eigenvalue weighted by atomic mass is 19.1. The SMILES string of the molecule is COC(=O)C1(C)CCN(c2ccc(-n3c(-c4ccc(F)cc4)cc4c3CCCCC4)cc2)CC1. The van der Waals surface area contributed by atoms with Gasteiger partial charge in [0, 0.05) is 30.2 Å². The Morgan fingerprint density at radius 2 is 1.56 bits per heavy atom. The molecule has 5 rings (SSSR count). The number of fused-ring (bicyclic) bond motifs is 1. The molecular weight excluding hydrogens is 427 g/mol. The highest BCUT2D eigenvalue weighted by Crippen LogP contribution is 2.36. The maximum absolute atomic E-state index is 13.6. The summed E-state index contributed by atoms with van der Waals surface area (Å²) in [6.45, 7) is 3.68. The van der Waals surface area contributed by atoms with Crippen molar-refractivity contribution >= 4 is 11.7 Å². The van der Waals surface area contributed by atoms with Crippen LogP contribution >= 0.6 is 0 Å². The lowest BCUT2D eigenvalue weighted by Crippen LogP contribution is -2.43. The molecule has 3 aromatic rings. The van der Waals surface area contributed by atoms with Crippen LogP contribution in [-0.4, -0.2) is 30.7 Å². The number of rotatable bonds is 4. The molecule has 2 aliphatic rings. The van der Waals surface area contributed by atoms with Crippen molar-refractivity contribution in [3.8, 4) is 16.9 Å². The van der Waals surface area contributed by atoms with Gasteiger partial charge in [-0.3, -0.25) is 4.79 Å². The predicted octanol–water partition coefficient (Wildman–Crippen LogP) is 6.33. The number of esters is 1. The highest BCUT2D eigenvalue weighted by molar-refractivity contribution is 5.76. The largest absolute Gasteiger partial charge is 0.469 e. The number of nitrogens with zero attached hydrogens (tertiary/aromatic N) is 2. The van der Waals surface area contributed by atoms with Gasteiger partial charge >= 0.3 is 5.97 Å². The van der Waals surface area contributed by atoms with Crippen LogP contribution in [0.4, 0.5) is 10.1 Å². The van der Waals surface area contributed by atoms with Gasteiger partial charge in [0.2, 0.25) is 0 Å². The van der Waals surface area contributed by atoms with Gasteiger partial charge in [-0.15, -0.1) is 0 Å². The Morgan fingerprint density at radius 1 is 0.912 bits per heavy atom. The van der Waals surface area contributed by atoms with Crippen LogP contribution in [0.1, 0.15) is 50.3 Å². The van der Waals surface area contributed by atoms with E-state index in [2.05, 4.69) is 39.8 Å². The molecule has 0 unspecified atom stereocenters. The van der Waals surface area contributed by atoms with E-state index in [0.29, 0.717) is 0 Å². The van der Waals surface area contributed by atoms with Crippen LogP contribution in [-0.2, 0) is 22.4 Å². The number of hydrogen-bond acceptors (Lipinski definition) is 3. The Morgan fingerprint density at radius 3 is 2.24 bits per heavy atom. The molecule has 0 N–H and O–H groups in total. The van der Waals surface area contributed by atoms with E-state index < -0.39 is 5.41 Å². The third kappa shape index (κ3) is 4.24. The van der Waals surface area contributed by atoms with E-state index in [4.69, 9.17) is 4.74 Å². The van der Waals surface area contributed by atoms with Gasteiger partial charge in [-0.2, -0.15) is 0 Å². The van der Waals surface area contributed by atoms with Crippen LogP contribution in [0.15, 0.2) is 54.6 Å². The highest BCUT2D eigenvalue weighted by Gasteiger charge is 2.38. The molecule has 2 aromatic carbocycles. The summed E-state index contributed by atoms with van der Waals surface area (Å²) in [5.74, 6) is -0.318. The quantitative estimate of drug-likeness (QED) is 0.337. The monoisotopic (exact) mass is 460 g/mol. The third-order valence-corrected chi connectivity index (χ3v) is 7.71. The van der Waals surface area contributed by atoms with E-state index in [1.807, 2.05) is 19.1 Å². The minimum absolute atomic E-state index is 0.107. The molecule has 0 radical (unpaired) electrons. The maximum Gasteiger partial charge on any atom is 0.311 e. The molecule has 0 atom stereocenters. The fourth-order valence-corrected chi connectivity index (χ4v) is 5.52. The van der Waals surface area contributed by atoms with Gasteiger partial charge in [0.05, 0.1) is 18.2 Å². The molecule has 0 spiro atoms. The number of carbonyl (C=O) groups is 1. The molecule has 1 saturated heterocycles. The van der Waals surface area contributed by atoms with Gasteiger partial charge in [0.1, 0.15) is 5.82 Å². The first-order valence-corrected chi connectivity index (χ1v) is 12.4. The van der Waals surface area contributed by atoms with Crippen LogP contribution in [0.5, 0.6) is 0 Å². The molecule has 1 aromatic heterocycles. The molecule has 2 heterocycles. The summed E-state index contributed by atoms with van der Waals surface area (Å²) < 4.78 is 21.0. The molecule has 1 aliphatic carbocycles. The van der Waals surface area contributed by atoms with Gasteiger partial charge in [0.25, 0.3) is 0 Å². The van der Waals surface area contributed by atoms with Crippen LogP contribution < -0.4 is 4.90 Å². The van der Waals surface area contributed by atoms with E-state index in [9.17, 15) is 9.18 Å². The van der Waals surface area contributed by atoms with Crippen molar-refractivity contribution in [2.24, 2.45) is 5.41 Å². The Labute approximate surface area is 201 Å². The Kier molecular flexibility index (Phi) is 6.20. The first-order chi connectivity index (χ1) is 16.5. The van der Waals surface area contributed by atoms with Crippen molar-refractivity contribution in [3.05, 3.63) is 71.7 Å². The fourth-order valence-electron chi connectivity index (χ4n) is 5.52. The second-order valence-corrected chi connectivity index (χ2v) is 9.96. The van der Waals surface area contributed by atoms with Crippen molar-refractivity contribution in [1.82, 2.24) is 4.57 Å². The molecule has 178 valence electrons. The topological polar surface area (TPSA) is 34.5 Å². The van der Waals surface area contributed by atoms with E-state index in [1.165, 1.54) is 43.3 Å². The maximum atomic E-state index is 13.6. The Hall–Kier alpha value is -3.08. The number of hydrogen-bond donors (Lipinski definition) is 0. The first kappa shape index (κ1) is 22.7. The van der Waals surface area contributed by atoms with Crippen LogP contribution in [0.3, 0.4) is 0 Å². The van der Waals surface area contributed by atoms with E-state index in [0.717, 1.165) is 55.7 Å². The fraction of sp³-hybridized carbons (Fsp3) is 0.414. The summed E-state index contributed by atoms with van der Waals surface area (Å²) in [6, 6.07) is 17.9. The average Bonchev–Trinajstić information content (AvgIpc) is 3.06. The molecule has 5 heteroatoms. The molecule has 0 bridgehead atoms. The molecule has 1 aliphatic heterocycles. The lowest BCUT2D eigenvalue weighted by atomic mass is 9.80. The number of anilines is 1. The second kappa shape index (κ2) is 9.28. The van der Waals surface area contributed by atoms with Gasteiger partial charge in [-0.1, -0.05) is 6.42 Å². The normalized spacial score (nSPS) is 17.7. The minimum Gasteiger partial charge on any atom is -0.469 e. The average molecular weight is 461 g/mol. The molecule has 4 nitrogen and oxygen atoms in total. The molecule has 1 fully saturated rings. The van der Waals surface area contributed by atoms with E-state index >= 15 is 0 Å². The zero-order valence-corrected chi connectivity index (χ0v) is 20.1. The van der Waals surface area contributed by atoms with Crippen LogP contribution in [0.2, 0.25) is 0 Å². The van der Waals surface area contributed by atoms with Gasteiger partial charge in [0.15, 0.2) is 0 Å². The van der Waals surface area contributed by atoms with E-state index in [-0.39, 0.29) is 11.8 Å². The summed E-state index contributed by atoms with van der Waals surface area (Å²) in [5, 5.41) is 0. The van der Waals surface area contributed by atoms with Gasteiger partial charge < -0.3 is 14.2 Å². The summed E-state index contributed by atoms with van der Waals surface area (Å²) in [4.78, 5) is 14.5. The summed E-state index contributed by atoms with van der Waals surface area (Å²) in [7, 11) is 1.47. The van der Waals surface area contributed by atoms with Crippen LogP contribution in [0, 0.1) is 11.2 Å². The number of halogens is 1. The number of ether oxygens (including phenoxy) is 1. The summed E-state index contributed by atoms with van der Waals surface area (Å²) in [6.07, 6.45) is 7.43. The van der Waals surface area contributed by atoms with Crippen molar-refractivity contribution in [1.29, 1.82) is 0 Å². The summed E-state index contributed by atoms with van der Waals surface area (Å²) in [5.41, 5.74) is 6.90. The molecule has 0 amide bonds. The Balaban J connectivity index is 1.45. The smallest absolute Gasteiger partial charge is 0.311 e. The number of methoxy groups -OCH3 is 1. The number of aromatic nitrogens is 1. The van der Waals surface area contributed by atoms with E-state index in [1.54, 1.807) is 12.1 Å². The molecule has 34 heavy (non-hydrogen) atoms. The second-order valence-electron chi connectivity index (χ2n) is 9.96. The Bertz CT molecular complexity index is 1160. The van der Waals surface area contributed by atoms with Crippen molar-refractivity contribution < 1.29 is 13.9 Å².